The molecule has 1 aliphatic rings. The molecule has 0 radical (unpaired) electrons. The summed E-state index contributed by atoms with van der Waals surface area (Å²) in [5, 5.41) is 4.04. The minimum absolute atomic E-state index is 0.126. The molecule has 1 aromatic heterocycles. The maximum Gasteiger partial charge on any atom is 0.264 e. The number of carbonyl (C=O) groups is 1. The van der Waals surface area contributed by atoms with E-state index in [1.165, 1.54) is 5.56 Å². The number of ether oxygens (including phenoxy) is 1. The van der Waals surface area contributed by atoms with Crippen LogP contribution in [0.3, 0.4) is 0 Å². The first-order valence-corrected chi connectivity index (χ1v) is 9.01. The van der Waals surface area contributed by atoms with E-state index in [0.29, 0.717) is 31.2 Å². The van der Waals surface area contributed by atoms with Crippen molar-refractivity contribution in [3.8, 4) is 5.75 Å². The number of hydrogen-bond donors (Lipinski definition) is 0. The number of aryl methyl sites for hydroxylation is 1. The Kier molecular flexibility index (Phi) is 4.87. The van der Waals surface area contributed by atoms with Crippen molar-refractivity contribution in [2.24, 2.45) is 0 Å². The van der Waals surface area contributed by atoms with Crippen LogP contribution in [0.2, 0.25) is 0 Å². The third kappa shape index (κ3) is 4.16. The summed E-state index contributed by atoms with van der Waals surface area (Å²) in [5.41, 5.74) is 2.21. The minimum atomic E-state index is 0.126. The maximum atomic E-state index is 12.3. The molecule has 6 heteroatoms. The molecule has 4 rings (SSSR count). The van der Waals surface area contributed by atoms with Gasteiger partial charge >= 0.3 is 0 Å². The molecule has 1 aliphatic heterocycles. The van der Waals surface area contributed by atoms with Crippen LogP contribution < -0.4 is 4.74 Å². The molecule has 0 N–H and O–H groups in total. The molecule has 6 nitrogen and oxygen atoms in total. The second-order valence-corrected chi connectivity index (χ2v) is 6.81. The molecular weight excluding hydrogens is 342 g/mol. The Bertz CT molecular complexity index is 900. The molecule has 0 saturated carbocycles. The SMILES string of the molecule is Cc1ccc(OCc2nc(C3CN(C(=O)Cc4ccccc4)C3)no2)cc1. The van der Waals surface area contributed by atoms with E-state index in [2.05, 4.69) is 10.1 Å². The Morgan fingerprint density at radius 3 is 2.63 bits per heavy atom. The Hall–Kier alpha value is -3.15. The van der Waals surface area contributed by atoms with Crippen LogP contribution in [0.5, 0.6) is 5.75 Å². The lowest BCUT2D eigenvalue weighted by Crippen LogP contribution is -2.49. The van der Waals surface area contributed by atoms with Gasteiger partial charge in [0.2, 0.25) is 5.91 Å². The molecule has 2 aromatic carbocycles. The topological polar surface area (TPSA) is 68.5 Å². The van der Waals surface area contributed by atoms with Crippen LogP contribution in [0.25, 0.3) is 0 Å². The number of benzene rings is 2. The maximum absolute atomic E-state index is 12.3. The van der Waals surface area contributed by atoms with Crippen LogP contribution in [-0.2, 0) is 17.8 Å². The van der Waals surface area contributed by atoms with Crippen molar-refractivity contribution in [2.75, 3.05) is 13.1 Å². The van der Waals surface area contributed by atoms with E-state index in [0.717, 1.165) is 11.3 Å². The average molecular weight is 363 g/mol. The standard InChI is InChI=1S/C21H21N3O3/c1-15-7-9-18(10-8-15)26-14-19-22-21(23-27-19)17-12-24(13-17)20(25)11-16-5-3-2-4-6-16/h2-10,17H,11-14H2,1H3. The molecule has 3 aromatic rings. The average Bonchev–Trinajstić information content (AvgIpc) is 3.09. The van der Waals surface area contributed by atoms with Crippen molar-refractivity contribution in [1.82, 2.24) is 15.0 Å². The Morgan fingerprint density at radius 2 is 1.89 bits per heavy atom. The number of amides is 1. The number of nitrogens with zero attached hydrogens (tertiary/aromatic N) is 3. The first-order valence-electron chi connectivity index (χ1n) is 9.01. The molecule has 1 saturated heterocycles. The molecule has 0 aliphatic carbocycles. The van der Waals surface area contributed by atoms with E-state index in [9.17, 15) is 4.79 Å². The lowest BCUT2D eigenvalue weighted by Gasteiger charge is -2.37. The lowest BCUT2D eigenvalue weighted by molar-refractivity contribution is -0.135. The number of carbonyl (C=O) groups excluding carboxylic acids is 1. The molecule has 0 atom stereocenters. The second-order valence-electron chi connectivity index (χ2n) is 6.81. The van der Waals surface area contributed by atoms with Gasteiger partial charge in [-0.2, -0.15) is 4.98 Å². The molecule has 1 fully saturated rings. The quantitative estimate of drug-likeness (QED) is 0.673. The Morgan fingerprint density at radius 1 is 1.15 bits per heavy atom. The third-order valence-corrected chi connectivity index (χ3v) is 4.66. The highest BCUT2D eigenvalue weighted by Crippen LogP contribution is 2.25. The van der Waals surface area contributed by atoms with Crippen LogP contribution in [0.1, 0.15) is 28.8 Å². The van der Waals surface area contributed by atoms with Crippen molar-refractivity contribution in [3.63, 3.8) is 0 Å². The Labute approximate surface area is 157 Å². The van der Waals surface area contributed by atoms with Gasteiger partial charge < -0.3 is 14.2 Å². The highest BCUT2D eigenvalue weighted by molar-refractivity contribution is 5.79. The predicted molar refractivity (Wildman–Crippen MR) is 99.3 cm³/mol. The first-order chi connectivity index (χ1) is 13.2. The molecule has 0 bridgehead atoms. The summed E-state index contributed by atoms with van der Waals surface area (Å²) in [5.74, 6) is 2.10. The molecule has 0 unspecified atom stereocenters. The van der Waals surface area contributed by atoms with Gasteiger partial charge in [0.15, 0.2) is 12.4 Å². The van der Waals surface area contributed by atoms with E-state index in [1.807, 2.05) is 66.4 Å². The summed E-state index contributed by atoms with van der Waals surface area (Å²) in [6.07, 6.45) is 0.426. The van der Waals surface area contributed by atoms with Gasteiger partial charge in [-0.3, -0.25) is 4.79 Å². The largest absolute Gasteiger partial charge is 0.484 e. The lowest BCUT2D eigenvalue weighted by atomic mass is 9.98. The van der Waals surface area contributed by atoms with Crippen molar-refractivity contribution in [3.05, 3.63) is 77.4 Å². The fourth-order valence-electron chi connectivity index (χ4n) is 3.00. The van der Waals surface area contributed by atoms with Crippen molar-refractivity contribution >= 4 is 5.91 Å². The summed E-state index contributed by atoms with van der Waals surface area (Å²) in [7, 11) is 0. The summed E-state index contributed by atoms with van der Waals surface area (Å²) in [4.78, 5) is 18.5. The van der Waals surface area contributed by atoms with E-state index >= 15 is 0 Å². The summed E-state index contributed by atoms with van der Waals surface area (Å²) in [6.45, 7) is 3.52. The van der Waals surface area contributed by atoms with E-state index in [4.69, 9.17) is 9.26 Å². The summed E-state index contributed by atoms with van der Waals surface area (Å²) < 4.78 is 10.9. The van der Waals surface area contributed by atoms with Gasteiger partial charge in [0.1, 0.15) is 5.75 Å². The third-order valence-electron chi connectivity index (χ3n) is 4.66. The van der Waals surface area contributed by atoms with Gasteiger partial charge in [-0.25, -0.2) is 0 Å². The molecular formula is C21H21N3O3. The van der Waals surface area contributed by atoms with Gasteiger partial charge in [0, 0.05) is 13.1 Å². The zero-order valence-electron chi connectivity index (χ0n) is 15.2. The fourth-order valence-corrected chi connectivity index (χ4v) is 3.00. The van der Waals surface area contributed by atoms with Gasteiger partial charge in [-0.05, 0) is 24.6 Å². The number of rotatable bonds is 6. The molecule has 2 heterocycles. The van der Waals surface area contributed by atoms with E-state index < -0.39 is 0 Å². The monoisotopic (exact) mass is 363 g/mol. The fraction of sp³-hybridized carbons (Fsp3) is 0.286. The number of hydrogen-bond acceptors (Lipinski definition) is 5. The molecule has 1 amide bonds. The van der Waals surface area contributed by atoms with Gasteiger partial charge in [0.05, 0.1) is 12.3 Å². The molecule has 0 spiro atoms. The van der Waals surface area contributed by atoms with Crippen molar-refractivity contribution < 1.29 is 14.1 Å². The van der Waals surface area contributed by atoms with Crippen LogP contribution in [-0.4, -0.2) is 34.0 Å². The zero-order valence-corrected chi connectivity index (χ0v) is 15.2. The van der Waals surface area contributed by atoms with Crippen molar-refractivity contribution in [1.29, 1.82) is 0 Å². The highest BCUT2D eigenvalue weighted by Gasteiger charge is 2.34. The van der Waals surface area contributed by atoms with E-state index in [1.54, 1.807) is 0 Å². The van der Waals surface area contributed by atoms with Crippen LogP contribution in [0, 0.1) is 6.92 Å². The minimum Gasteiger partial charge on any atom is -0.484 e. The normalized spacial score (nSPS) is 14.0. The molecule has 27 heavy (non-hydrogen) atoms. The highest BCUT2D eigenvalue weighted by atomic mass is 16.5. The Balaban J connectivity index is 1.26. The van der Waals surface area contributed by atoms with Gasteiger partial charge in [0.25, 0.3) is 5.89 Å². The first kappa shape index (κ1) is 17.3. The van der Waals surface area contributed by atoms with Crippen LogP contribution in [0.15, 0.2) is 59.1 Å². The number of aromatic nitrogens is 2. The van der Waals surface area contributed by atoms with E-state index in [-0.39, 0.29) is 18.4 Å². The second kappa shape index (κ2) is 7.61. The van der Waals surface area contributed by atoms with Gasteiger partial charge in [-0.15, -0.1) is 0 Å². The number of likely N-dealkylation sites (tertiary alicyclic amines) is 1. The smallest absolute Gasteiger partial charge is 0.264 e. The summed E-state index contributed by atoms with van der Waals surface area (Å²) in [6, 6.07) is 17.6. The summed E-state index contributed by atoms with van der Waals surface area (Å²) >= 11 is 0. The van der Waals surface area contributed by atoms with Gasteiger partial charge in [-0.1, -0.05) is 53.2 Å². The zero-order chi connectivity index (χ0) is 18.6. The molecule has 138 valence electrons. The van der Waals surface area contributed by atoms with Crippen LogP contribution in [0.4, 0.5) is 0 Å². The van der Waals surface area contributed by atoms with Crippen molar-refractivity contribution in [2.45, 2.75) is 25.9 Å². The van der Waals surface area contributed by atoms with Crippen LogP contribution >= 0.6 is 0 Å². The predicted octanol–water partition coefficient (Wildman–Crippen LogP) is 3.13.